The standard InChI is InChI=1S/C26H28N2O4/c1-15-10-19(24(30)11-16(15)2)13-21(29)7-5-18-6-8-22-20(12-18)14-28(26(22)32)23-9-4-17(3)27-25(23)31/h6,8,10-12,23,30H,3-5,7,9,13-14H2,1-2H3,(H,27,31). The van der Waals surface area contributed by atoms with Crippen molar-refractivity contribution in [3.05, 3.63) is 76.0 Å². The number of fused-ring (bicyclic) bond motifs is 1. The van der Waals surface area contributed by atoms with Gasteiger partial charge in [-0.2, -0.15) is 0 Å². The van der Waals surface area contributed by atoms with Crippen LogP contribution in [0.15, 0.2) is 42.6 Å². The van der Waals surface area contributed by atoms with E-state index in [-0.39, 0.29) is 29.8 Å². The Morgan fingerprint density at radius 1 is 1.19 bits per heavy atom. The molecule has 0 aromatic heterocycles. The minimum Gasteiger partial charge on any atom is -0.508 e. The molecule has 2 heterocycles. The molecule has 2 aromatic rings. The van der Waals surface area contributed by atoms with Gasteiger partial charge in [0.1, 0.15) is 17.6 Å². The van der Waals surface area contributed by atoms with E-state index in [0.717, 1.165) is 22.3 Å². The van der Waals surface area contributed by atoms with Crippen LogP contribution < -0.4 is 5.32 Å². The lowest BCUT2D eigenvalue weighted by Crippen LogP contribution is -2.49. The number of aryl methyl sites for hydroxylation is 3. The molecule has 2 aromatic carbocycles. The van der Waals surface area contributed by atoms with Crippen molar-refractivity contribution in [1.29, 1.82) is 0 Å². The summed E-state index contributed by atoms with van der Waals surface area (Å²) in [7, 11) is 0. The van der Waals surface area contributed by atoms with Gasteiger partial charge in [-0.1, -0.05) is 24.8 Å². The first-order valence-electron chi connectivity index (χ1n) is 10.9. The molecule has 0 bridgehead atoms. The molecule has 6 heteroatoms. The highest BCUT2D eigenvalue weighted by molar-refractivity contribution is 6.01. The fourth-order valence-corrected chi connectivity index (χ4v) is 4.45. The molecule has 2 aliphatic heterocycles. The van der Waals surface area contributed by atoms with Crippen LogP contribution in [0.1, 0.15) is 57.4 Å². The van der Waals surface area contributed by atoms with Crippen LogP contribution in [0, 0.1) is 13.8 Å². The summed E-state index contributed by atoms with van der Waals surface area (Å²) in [4.78, 5) is 39.3. The topological polar surface area (TPSA) is 86.7 Å². The maximum Gasteiger partial charge on any atom is 0.255 e. The molecular formula is C26H28N2O4. The van der Waals surface area contributed by atoms with Gasteiger partial charge < -0.3 is 15.3 Å². The molecular weight excluding hydrogens is 404 g/mol. The Kier molecular flexibility index (Phi) is 5.87. The molecule has 2 aliphatic rings. The van der Waals surface area contributed by atoms with Crippen LogP contribution in [0.2, 0.25) is 0 Å². The summed E-state index contributed by atoms with van der Waals surface area (Å²) in [5.74, 6) is -0.0860. The Bertz CT molecular complexity index is 1130. The Balaban J connectivity index is 1.39. The minimum absolute atomic E-state index is 0.0564. The molecule has 32 heavy (non-hydrogen) atoms. The Labute approximate surface area is 187 Å². The quantitative estimate of drug-likeness (QED) is 0.732. The number of phenols is 1. The van der Waals surface area contributed by atoms with Crippen LogP contribution >= 0.6 is 0 Å². The summed E-state index contributed by atoms with van der Waals surface area (Å²) in [5, 5.41) is 12.9. The molecule has 4 rings (SSSR count). The normalized spacial score (nSPS) is 18.0. The molecule has 0 spiro atoms. The number of carbonyl (C=O) groups excluding carboxylic acids is 3. The first-order valence-corrected chi connectivity index (χ1v) is 10.9. The summed E-state index contributed by atoms with van der Waals surface area (Å²) in [6.07, 6.45) is 2.37. The van der Waals surface area contributed by atoms with Gasteiger partial charge in [0.05, 0.1) is 0 Å². The van der Waals surface area contributed by atoms with Gasteiger partial charge in [-0.05, 0) is 67.5 Å². The molecule has 1 saturated heterocycles. The molecule has 0 radical (unpaired) electrons. The predicted octanol–water partition coefficient (Wildman–Crippen LogP) is 3.50. The van der Waals surface area contributed by atoms with Crippen molar-refractivity contribution in [3.63, 3.8) is 0 Å². The Morgan fingerprint density at radius 3 is 2.69 bits per heavy atom. The van der Waals surface area contributed by atoms with E-state index in [1.54, 1.807) is 17.0 Å². The van der Waals surface area contributed by atoms with Crippen molar-refractivity contribution in [2.75, 3.05) is 0 Å². The van der Waals surface area contributed by atoms with Crippen LogP contribution in [0.5, 0.6) is 5.75 Å². The summed E-state index contributed by atoms with van der Waals surface area (Å²) in [6.45, 7) is 8.08. The molecule has 0 saturated carbocycles. The first kappa shape index (κ1) is 21.8. The molecule has 1 unspecified atom stereocenters. The molecule has 6 nitrogen and oxygen atoms in total. The third-order valence-corrected chi connectivity index (χ3v) is 6.48. The second kappa shape index (κ2) is 8.61. The van der Waals surface area contributed by atoms with Crippen molar-refractivity contribution in [3.8, 4) is 5.75 Å². The number of Topliss-reactive ketones (excluding diaryl/α,β-unsaturated/α-hetero) is 1. The van der Waals surface area contributed by atoms with Gasteiger partial charge in [-0.25, -0.2) is 0 Å². The van der Waals surface area contributed by atoms with Crippen molar-refractivity contribution < 1.29 is 19.5 Å². The SMILES string of the molecule is C=C1CCC(N2Cc3cc(CCC(=O)Cc4cc(C)c(C)cc4O)ccc3C2=O)C(=O)N1. The van der Waals surface area contributed by atoms with E-state index in [9.17, 15) is 19.5 Å². The maximum absolute atomic E-state index is 12.8. The number of piperidine rings is 1. The largest absolute Gasteiger partial charge is 0.508 e. The second-order valence-corrected chi connectivity index (χ2v) is 8.85. The third kappa shape index (κ3) is 4.31. The third-order valence-electron chi connectivity index (χ3n) is 6.48. The second-order valence-electron chi connectivity index (χ2n) is 8.85. The Morgan fingerprint density at radius 2 is 1.94 bits per heavy atom. The molecule has 2 N–H and O–H groups in total. The van der Waals surface area contributed by atoms with E-state index in [1.807, 2.05) is 32.0 Å². The van der Waals surface area contributed by atoms with Crippen LogP contribution in [-0.2, 0) is 29.0 Å². The van der Waals surface area contributed by atoms with Gasteiger partial charge in [0, 0.05) is 36.2 Å². The number of phenolic OH excluding ortho intramolecular Hbond substituents is 1. The zero-order valence-corrected chi connectivity index (χ0v) is 18.5. The van der Waals surface area contributed by atoms with Gasteiger partial charge >= 0.3 is 0 Å². The predicted molar refractivity (Wildman–Crippen MR) is 121 cm³/mol. The van der Waals surface area contributed by atoms with Gasteiger partial charge in [-0.3, -0.25) is 14.4 Å². The zero-order valence-electron chi connectivity index (χ0n) is 18.5. The highest BCUT2D eigenvalue weighted by Crippen LogP contribution is 2.29. The number of carbonyl (C=O) groups is 3. The van der Waals surface area contributed by atoms with E-state index in [0.29, 0.717) is 49.1 Å². The average molecular weight is 433 g/mol. The molecule has 1 atom stereocenters. The average Bonchev–Trinajstić information content (AvgIpc) is 3.06. The number of amides is 2. The number of nitrogens with zero attached hydrogens (tertiary/aromatic N) is 1. The van der Waals surface area contributed by atoms with Gasteiger partial charge in [0.2, 0.25) is 5.91 Å². The van der Waals surface area contributed by atoms with Crippen LogP contribution in [0.25, 0.3) is 0 Å². The number of rotatable bonds is 6. The molecule has 166 valence electrons. The monoisotopic (exact) mass is 432 g/mol. The fourth-order valence-electron chi connectivity index (χ4n) is 4.45. The summed E-state index contributed by atoms with van der Waals surface area (Å²) >= 11 is 0. The van der Waals surface area contributed by atoms with Crippen molar-refractivity contribution in [2.24, 2.45) is 0 Å². The lowest BCUT2D eigenvalue weighted by Gasteiger charge is -2.30. The van der Waals surface area contributed by atoms with Crippen LogP contribution in [0.3, 0.4) is 0 Å². The number of hydrogen-bond acceptors (Lipinski definition) is 4. The van der Waals surface area contributed by atoms with E-state index < -0.39 is 6.04 Å². The molecule has 1 fully saturated rings. The van der Waals surface area contributed by atoms with E-state index in [1.165, 1.54) is 0 Å². The van der Waals surface area contributed by atoms with E-state index >= 15 is 0 Å². The van der Waals surface area contributed by atoms with Crippen molar-refractivity contribution in [2.45, 2.75) is 58.5 Å². The number of benzene rings is 2. The number of ketones is 1. The van der Waals surface area contributed by atoms with Crippen molar-refractivity contribution >= 4 is 17.6 Å². The highest BCUT2D eigenvalue weighted by Gasteiger charge is 2.38. The van der Waals surface area contributed by atoms with Crippen LogP contribution in [0.4, 0.5) is 0 Å². The molecule has 2 amide bonds. The van der Waals surface area contributed by atoms with Crippen LogP contribution in [-0.4, -0.2) is 33.6 Å². The molecule has 0 aliphatic carbocycles. The number of aromatic hydroxyl groups is 1. The number of nitrogens with one attached hydrogen (secondary N) is 1. The smallest absolute Gasteiger partial charge is 0.255 e. The first-order chi connectivity index (χ1) is 15.2. The zero-order chi connectivity index (χ0) is 23.0. The fraction of sp³-hybridized carbons (Fsp3) is 0.346. The minimum atomic E-state index is -0.476. The van der Waals surface area contributed by atoms with E-state index in [2.05, 4.69) is 11.9 Å². The summed E-state index contributed by atoms with van der Waals surface area (Å²) in [6, 6.07) is 8.73. The summed E-state index contributed by atoms with van der Waals surface area (Å²) < 4.78 is 0. The lowest BCUT2D eigenvalue weighted by atomic mass is 9.97. The van der Waals surface area contributed by atoms with Gasteiger partial charge in [-0.15, -0.1) is 0 Å². The van der Waals surface area contributed by atoms with E-state index in [4.69, 9.17) is 0 Å². The number of hydrogen-bond donors (Lipinski definition) is 2. The summed E-state index contributed by atoms with van der Waals surface area (Å²) in [5.41, 5.74) is 5.89. The van der Waals surface area contributed by atoms with Crippen molar-refractivity contribution in [1.82, 2.24) is 10.2 Å². The number of allylic oxidation sites excluding steroid dienone is 1. The lowest BCUT2D eigenvalue weighted by molar-refractivity contribution is -0.126. The highest BCUT2D eigenvalue weighted by atomic mass is 16.3. The Hall–Kier alpha value is -3.41. The maximum atomic E-state index is 12.8. The van der Waals surface area contributed by atoms with Gasteiger partial charge in [0.25, 0.3) is 5.91 Å². The van der Waals surface area contributed by atoms with Gasteiger partial charge in [0.15, 0.2) is 0 Å².